The fourth-order valence-corrected chi connectivity index (χ4v) is 3.29. The SMILES string of the molecule is Cc1cscc1CNC(=O)N1CCCC(C)(C(=O)O)C1. The Morgan fingerprint density at radius 1 is 1.50 bits per heavy atom. The molecule has 1 fully saturated rings. The highest BCUT2D eigenvalue weighted by Gasteiger charge is 2.39. The van der Waals surface area contributed by atoms with Gasteiger partial charge in [-0.25, -0.2) is 4.79 Å². The molecule has 0 bridgehead atoms. The van der Waals surface area contributed by atoms with Crippen LogP contribution in [0.5, 0.6) is 0 Å². The fraction of sp³-hybridized carbons (Fsp3) is 0.571. The van der Waals surface area contributed by atoms with E-state index in [-0.39, 0.29) is 12.6 Å². The predicted octanol–water partition coefficient (Wildman–Crippen LogP) is 2.45. The fourth-order valence-electron chi connectivity index (χ4n) is 2.44. The highest BCUT2D eigenvalue weighted by molar-refractivity contribution is 7.08. The lowest BCUT2D eigenvalue weighted by atomic mass is 9.82. The van der Waals surface area contributed by atoms with E-state index in [1.165, 1.54) is 5.56 Å². The molecule has 1 aromatic rings. The summed E-state index contributed by atoms with van der Waals surface area (Å²) in [6.45, 7) is 5.11. The molecule has 1 unspecified atom stereocenters. The van der Waals surface area contributed by atoms with Crippen LogP contribution in [0.1, 0.15) is 30.9 Å². The summed E-state index contributed by atoms with van der Waals surface area (Å²) in [5, 5.41) is 16.2. The Morgan fingerprint density at radius 2 is 2.25 bits per heavy atom. The Kier molecular flexibility index (Phi) is 4.32. The van der Waals surface area contributed by atoms with Gasteiger partial charge in [-0.1, -0.05) is 0 Å². The van der Waals surface area contributed by atoms with Crippen molar-refractivity contribution in [3.63, 3.8) is 0 Å². The van der Waals surface area contributed by atoms with E-state index in [1.54, 1.807) is 23.2 Å². The molecule has 1 saturated heterocycles. The van der Waals surface area contributed by atoms with E-state index >= 15 is 0 Å². The van der Waals surface area contributed by atoms with Crippen LogP contribution in [0.25, 0.3) is 0 Å². The highest BCUT2D eigenvalue weighted by Crippen LogP contribution is 2.29. The van der Waals surface area contributed by atoms with Gasteiger partial charge in [0.05, 0.1) is 5.41 Å². The minimum absolute atomic E-state index is 0.178. The molecule has 2 heterocycles. The van der Waals surface area contributed by atoms with Crippen LogP contribution in [0, 0.1) is 12.3 Å². The number of aliphatic carboxylic acids is 1. The topological polar surface area (TPSA) is 69.6 Å². The Morgan fingerprint density at radius 3 is 2.85 bits per heavy atom. The summed E-state index contributed by atoms with van der Waals surface area (Å²) in [5.74, 6) is -0.830. The average Bonchev–Trinajstić information content (AvgIpc) is 2.81. The van der Waals surface area contributed by atoms with Crippen molar-refractivity contribution in [2.24, 2.45) is 5.41 Å². The van der Waals surface area contributed by atoms with Crippen molar-refractivity contribution in [3.8, 4) is 0 Å². The Balaban J connectivity index is 1.92. The normalized spacial score (nSPS) is 22.6. The lowest BCUT2D eigenvalue weighted by Crippen LogP contribution is -2.51. The summed E-state index contributed by atoms with van der Waals surface area (Å²) < 4.78 is 0. The molecule has 0 spiro atoms. The number of piperidine rings is 1. The summed E-state index contributed by atoms with van der Waals surface area (Å²) >= 11 is 1.61. The standard InChI is InChI=1S/C14H20N2O3S/c1-10-7-20-8-11(10)6-15-13(19)16-5-3-4-14(2,9-16)12(17)18/h7-8H,3-6,9H2,1-2H3,(H,15,19)(H,17,18). The number of carbonyl (C=O) groups is 2. The van der Waals surface area contributed by atoms with Crippen molar-refractivity contribution in [3.05, 3.63) is 21.9 Å². The first-order valence-electron chi connectivity index (χ1n) is 6.70. The van der Waals surface area contributed by atoms with Crippen LogP contribution in [-0.2, 0) is 11.3 Å². The third-order valence-corrected chi connectivity index (χ3v) is 4.80. The largest absolute Gasteiger partial charge is 0.481 e. The molecule has 110 valence electrons. The number of hydrogen-bond donors (Lipinski definition) is 2. The quantitative estimate of drug-likeness (QED) is 0.900. The number of nitrogens with one attached hydrogen (secondary N) is 1. The molecule has 0 saturated carbocycles. The molecule has 1 aromatic heterocycles. The van der Waals surface area contributed by atoms with Gasteiger partial charge >= 0.3 is 12.0 Å². The van der Waals surface area contributed by atoms with Crippen molar-refractivity contribution < 1.29 is 14.7 Å². The molecule has 2 rings (SSSR count). The molecule has 5 nitrogen and oxygen atoms in total. The van der Waals surface area contributed by atoms with Crippen LogP contribution in [0.2, 0.25) is 0 Å². The number of likely N-dealkylation sites (tertiary alicyclic amines) is 1. The first-order chi connectivity index (χ1) is 9.42. The van der Waals surface area contributed by atoms with Crippen molar-refractivity contribution in [1.29, 1.82) is 0 Å². The number of aryl methyl sites for hydroxylation is 1. The summed E-state index contributed by atoms with van der Waals surface area (Å²) in [5.41, 5.74) is 1.46. The Hall–Kier alpha value is -1.56. The Bertz CT molecular complexity index is 514. The van der Waals surface area contributed by atoms with Gasteiger partial charge in [-0.3, -0.25) is 4.79 Å². The zero-order chi connectivity index (χ0) is 14.8. The van der Waals surface area contributed by atoms with Gasteiger partial charge in [-0.05, 0) is 48.6 Å². The van der Waals surface area contributed by atoms with Crippen molar-refractivity contribution in [2.75, 3.05) is 13.1 Å². The number of carboxylic acids is 1. The molecule has 1 aliphatic rings. The predicted molar refractivity (Wildman–Crippen MR) is 77.8 cm³/mol. The Labute approximate surface area is 122 Å². The maximum absolute atomic E-state index is 12.1. The first-order valence-corrected chi connectivity index (χ1v) is 7.64. The van der Waals surface area contributed by atoms with Gasteiger partial charge in [0.25, 0.3) is 0 Å². The third-order valence-electron chi connectivity index (χ3n) is 3.89. The summed E-state index contributed by atoms with van der Waals surface area (Å²) in [7, 11) is 0. The van der Waals surface area contributed by atoms with Gasteiger partial charge in [-0.15, -0.1) is 0 Å². The molecular weight excluding hydrogens is 276 g/mol. The average molecular weight is 296 g/mol. The zero-order valence-electron chi connectivity index (χ0n) is 11.8. The van der Waals surface area contributed by atoms with Crippen LogP contribution >= 0.6 is 11.3 Å². The molecule has 2 amide bonds. The molecule has 6 heteroatoms. The third kappa shape index (κ3) is 3.12. The van der Waals surface area contributed by atoms with E-state index in [1.807, 2.05) is 17.7 Å². The lowest BCUT2D eigenvalue weighted by Gasteiger charge is -2.37. The second kappa shape index (κ2) is 5.83. The molecule has 1 aliphatic heterocycles. The van der Waals surface area contributed by atoms with Crippen molar-refractivity contribution in [2.45, 2.75) is 33.2 Å². The molecule has 0 aliphatic carbocycles. The first kappa shape index (κ1) is 14.8. The smallest absolute Gasteiger partial charge is 0.317 e. The van der Waals surface area contributed by atoms with Gasteiger partial charge in [0.15, 0.2) is 0 Å². The van der Waals surface area contributed by atoms with Crippen molar-refractivity contribution >= 4 is 23.3 Å². The summed E-state index contributed by atoms with van der Waals surface area (Å²) in [6.07, 6.45) is 1.35. The number of rotatable bonds is 3. The number of amides is 2. The van der Waals surface area contributed by atoms with Crippen LogP contribution < -0.4 is 5.32 Å². The minimum atomic E-state index is -0.830. The molecular formula is C14H20N2O3S. The van der Waals surface area contributed by atoms with Crippen LogP contribution in [0.3, 0.4) is 0 Å². The van der Waals surface area contributed by atoms with Crippen molar-refractivity contribution in [1.82, 2.24) is 10.2 Å². The number of hydrogen-bond acceptors (Lipinski definition) is 3. The van der Waals surface area contributed by atoms with E-state index in [0.717, 1.165) is 12.0 Å². The van der Waals surface area contributed by atoms with Crippen LogP contribution in [0.4, 0.5) is 4.79 Å². The molecule has 1 atom stereocenters. The van der Waals surface area contributed by atoms with Gasteiger partial charge in [-0.2, -0.15) is 11.3 Å². The number of thiophene rings is 1. The number of urea groups is 1. The minimum Gasteiger partial charge on any atom is -0.481 e. The molecule has 20 heavy (non-hydrogen) atoms. The van der Waals surface area contributed by atoms with E-state index < -0.39 is 11.4 Å². The lowest BCUT2D eigenvalue weighted by molar-refractivity contribution is -0.150. The van der Waals surface area contributed by atoms with Gasteiger partial charge in [0.1, 0.15) is 0 Å². The van der Waals surface area contributed by atoms with Gasteiger partial charge in [0.2, 0.25) is 0 Å². The highest BCUT2D eigenvalue weighted by atomic mass is 32.1. The van der Waals surface area contributed by atoms with E-state index in [4.69, 9.17) is 0 Å². The second-order valence-corrected chi connectivity index (χ2v) is 6.37. The zero-order valence-corrected chi connectivity index (χ0v) is 12.6. The van der Waals surface area contributed by atoms with Gasteiger partial charge in [0, 0.05) is 19.6 Å². The van der Waals surface area contributed by atoms with E-state index in [0.29, 0.717) is 19.5 Å². The van der Waals surface area contributed by atoms with Gasteiger partial charge < -0.3 is 15.3 Å². The molecule has 2 N–H and O–H groups in total. The summed E-state index contributed by atoms with van der Waals surface area (Å²) in [6, 6.07) is -0.178. The molecule has 0 aromatic carbocycles. The second-order valence-electron chi connectivity index (χ2n) is 5.63. The monoisotopic (exact) mass is 296 g/mol. The number of carboxylic acid groups (broad SMARTS) is 1. The van der Waals surface area contributed by atoms with E-state index in [9.17, 15) is 14.7 Å². The number of carbonyl (C=O) groups excluding carboxylic acids is 1. The van der Waals surface area contributed by atoms with Crippen LogP contribution in [0.15, 0.2) is 10.8 Å². The van der Waals surface area contributed by atoms with Crippen LogP contribution in [-0.4, -0.2) is 35.1 Å². The molecule has 0 radical (unpaired) electrons. The summed E-state index contributed by atoms with van der Waals surface area (Å²) in [4.78, 5) is 25.0. The number of nitrogens with zero attached hydrogens (tertiary/aromatic N) is 1. The van der Waals surface area contributed by atoms with E-state index in [2.05, 4.69) is 5.32 Å². The maximum Gasteiger partial charge on any atom is 0.317 e. The maximum atomic E-state index is 12.1.